The Balaban J connectivity index is 1.71. The third kappa shape index (κ3) is 4.81. The third-order valence-electron chi connectivity index (χ3n) is 4.98. The lowest BCUT2D eigenvalue weighted by atomic mass is 9.95. The second-order valence-corrected chi connectivity index (χ2v) is 7.49. The van der Waals surface area contributed by atoms with E-state index in [1.165, 1.54) is 19.2 Å². The lowest BCUT2D eigenvalue weighted by Crippen LogP contribution is -2.44. The van der Waals surface area contributed by atoms with Gasteiger partial charge in [0.05, 0.1) is 12.5 Å². The Kier molecular flexibility index (Phi) is 6.40. The minimum atomic E-state index is -4.75. The van der Waals surface area contributed by atoms with Crippen LogP contribution in [0.3, 0.4) is 0 Å². The number of urea groups is 1. The number of rotatable bonds is 4. The smallest absolute Gasteiger partial charge is 0.350 e. The van der Waals surface area contributed by atoms with Crippen molar-refractivity contribution in [3.63, 3.8) is 0 Å². The maximum Gasteiger partial charge on any atom is 0.433 e. The fraction of sp³-hybridized carbons (Fsp3) is 0.444. The van der Waals surface area contributed by atoms with Crippen LogP contribution < -0.4 is 10.2 Å². The van der Waals surface area contributed by atoms with Gasteiger partial charge in [-0.15, -0.1) is 0 Å². The van der Waals surface area contributed by atoms with E-state index in [-0.39, 0.29) is 25.1 Å². The Morgan fingerprint density at radius 3 is 2.59 bits per heavy atom. The SMILES string of the molecule is CN1C(=O)N(c2nccc(C(F)(F)F)n2)CC1C(=O)NCC1=C(Cl)C(C(F)(F)F)CC=C1. The first-order chi connectivity index (χ1) is 14.8. The highest BCUT2D eigenvalue weighted by Gasteiger charge is 2.44. The van der Waals surface area contributed by atoms with Crippen LogP contribution in [-0.4, -0.2) is 59.2 Å². The van der Waals surface area contributed by atoms with Gasteiger partial charge in [-0.3, -0.25) is 9.69 Å². The number of hydrogen-bond donors (Lipinski definition) is 1. The van der Waals surface area contributed by atoms with Gasteiger partial charge in [-0.25, -0.2) is 14.8 Å². The normalized spacial score (nSPS) is 22.1. The molecule has 1 saturated heterocycles. The van der Waals surface area contributed by atoms with Gasteiger partial charge in [0.1, 0.15) is 11.7 Å². The number of amides is 3. The molecule has 3 amide bonds. The van der Waals surface area contributed by atoms with Gasteiger partial charge in [-0.2, -0.15) is 26.3 Å². The highest BCUT2D eigenvalue weighted by molar-refractivity contribution is 6.30. The molecule has 2 heterocycles. The summed E-state index contributed by atoms with van der Waals surface area (Å²) in [6.45, 7) is -0.671. The van der Waals surface area contributed by atoms with Crippen molar-refractivity contribution in [2.45, 2.75) is 24.8 Å². The quantitative estimate of drug-likeness (QED) is 0.665. The van der Waals surface area contributed by atoms with E-state index in [0.29, 0.717) is 6.07 Å². The minimum Gasteiger partial charge on any atom is -0.350 e. The lowest BCUT2D eigenvalue weighted by molar-refractivity contribution is -0.161. The van der Waals surface area contributed by atoms with Crippen LogP contribution in [0.5, 0.6) is 0 Å². The molecule has 7 nitrogen and oxygen atoms in total. The fourth-order valence-corrected chi connectivity index (χ4v) is 3.58. The predicted molar refractivity (Wildman–Crippen MR) is 101 cm³/mol. The second-order valence-electron chi connectivity index (χ2n) is 7.08. The molecule has 1 aliphatic carbocycles. The molecule has 14 heteroatoms. The van der Waals surface area contributed by atoms with Crippen molar-refractivity contribution in [2.75, 3.05) is 25.0 Å². The van der Waals surface area contributed by atoms with Crippen LogP contribution in [0.25, 0.3) is 0 Å². The summed E-state index contributed by atoms with van der Waals surface area (Å²) in [4.78, 5) is 33.8. The summed E-state index contributed by atoms with van der Waals surface area (Å²) in [6.07, 6.45) is -6.10. The summed E-state index contributed by atoms with van der Waals surface area (Å²) >= 11 is 5.86. The molecule has 0 radical (unpaired) electrons. The molecule has 1 fully saturated rings. The standard InChI is InChI=1S/C18H16ClF6N5O2/c1-29-11(8-30(16(29)32)15-26-6-5-12(28-15)18(23,24)25)14(31)27-7-9-3-2-4-10(13(9)19)17(20,21)22/h2-3,5-6,10-11H,4,7-8H2,1H3,(H,27,31). The number of alkyl halides is 6. The molecule has 0 aromatic carbocycles. The van der Waals surface area contributed by atoms with Crippen molar-refractivity contribution in [3.05, 3.63) is 40.7 Å². The first-order valence-corrected chi connectivity index (χ1v) is 9.52. The summed E-state index contributed by atoms with van der Waals surface area (Å²) < 4.78 is 77.8. The summed E-state index contributed by atoms with van der Waals surface area (Å²) in [5.74, 6) is -3.12. The van der Waals surface area contributed by atoms with E-state index in [4.69, 9.17) is 11.6 Å². The summed E-state index contributed by atoms with van der Waals surface area (Å²) in [5, 5.41) is 1.98. The van der Waals surface area contributed by atoms with Gasteiger partial charge in [0.25, 0.3) is 0 Å². The van der Waals surface area contributed by atoms with E-state index < -0.39 is 52.9 Å². The number of carbonyl (C=O) groups excluding carboxylic acids is 2. The zero-order chi connectivity index (χ0) is 23.8. The van der Waals surface area contributed by atoms with Crippen LogP contribution in [0.15, 0.2) is 35.0 Å². The highest BCUT2D eigenvalue weighted by Crippen LogP contribution is 2.40. The number of anilines is 1. The van der Waals surface area contributed by atoms with Gasteiger partial charge < -0.3 is 10.2 Å². The van der Waals surface area contributed by atoms with Gasteiger partial charge in [0.15, 0.2) is 0 Å². The molecule has 1 aromatic rings. The van der Waals surface area contributed by atoms with Crippen LogP contribution in [-0.2, 0) is 11.0 Å². The van der Waals surface area contributed by atoms with Crippen LogP contribution in [0, 0.1) is 5.92 Å². The zero-order valence-electron chi connectivity index (χ0n) is 16.3. The molecule has 174 valence electrons. The number of nitrogens with zero attached hydrogens (tertiary/aromatic N) is 4. The van der Waals surface area contributed by atoms with Crippen molar-refractivity contribution in [3.8, 4) is 0 Å². The fourth-order valence-electron chi connectivity index (χ4n) is 3.23. The largest absolute Gasteiger partial charge is 0.433 e. The van der Waals surface area contributed by atoms with Gasteiger partial charge in [0, 0.05) is 24.8 Å². The summed E-state index contributed by atoms with van der Waals surface area (Å²) in [6, 6.07) is -1.30. The van der Waals surface area contributed by atoms with Crippen LogP contribution in [0.1, 0.15) is 12.1 Å². The van der Waals surface area contributed by atoms with Crippen LogP contribution in [0.2, 0.25) is 0 Å². The summed E-state index contributed by atoms with van der Waals surface area (Å²) in [5.41, 5.74) is -1.19. The average molecular weight is 484 g/mol. The van der Waals surface area contributed by atoms with Crippen LogP contribution in [0.4, 0.5) is 37.1 Å². The Hall–Kier alpha value is -2.83. The maximum absolute atomic E-state index is 13.0. The molecule has 1 N–H and O–H groups in total. The lowest BCUT2D eigenvalue weighted by Gasteiger charge is -2.24. The van der Waals surface area contributed by atoms with Crippen molar-refractivity contribution < 1.29 is 35.9 Å². The number of allylic oxidation sites excluding steroid dienone is 2. The van der Waals surface area contributed by atoms with E-state index >= 15 is 0 Å². The average Bonchev–Trinajstić information content (AvgIpc) is 3.00. The Bertz CT molecular complexity index is 977. The highest BCUT2D eigenvalue weighted by atomic mass is 35.5. The third-order valence-corrected chi connectivity index (χ3v) is 5.49. The maximum atomic E-state index is 13.0. The van der Waals surface area contributed by atoms with Crippen LogP contribution >= 0.6 is 11.6 Å². The first kappa shape index (κ1) is 23.8. The first-order valence-electron chi connectivity index (χ1n) is 9.14. The topological polar surface area (TPSA) is 78.4 Å². The molecule has 1 aromatic heterocycles. The van der Waals surface area contributed by atoms with E-state index in [0.717, 1.165) is 16.0 Å². The Labute approximate surface area is 182 Å². The minimum absolute atomic E-state index is 0.0682. The van der Waals surface area contributed by atoms with Gasteiger partial charge in [0.2, 0.25) is 11.9 Å². The molecule has 0 spiro atoms. The van der Waals surface area contributed by atoms with Gasteiger partial charge in [-0.05, 0) is 18.1 Å². The van der Waals surface area contributed by atoms with E-state index in [9.17, 15) is 35.9 Å². The van der Waals surface area contributed by atoms with Crippen molar-refractivity contribution in [2.24, 2.45) is 5.92 Å². The van der Waals surface area contributed by atoms with Gasteiger partial charge in [-0.1, -0.05) is 23.8 Å². The molecule has 2 atom stereocenters. The number of carbonyl (C=O) groups is 2. The molecular weight excluding hydrogens is 468 g/mol. The number of halogens is 7. The van der Waals surface area contributed by atoms with Crippen molar-refractivity contribution >= 4 is 29.5 Å². The number of likely N-dealkylation sites (N-methyl/N-ethyl adjacent to an activating group) is 1. The van der Waals surface area contributed by atoms with Crippen molar-refractivity contribution in [1.29, 1.82) is 0 Å². The van der Waals surface area contributed by atoms with Gasteiger partial charge >= 0.3 is 18.4 Å². The molecule has 2 unspecified atom stereocenters. The molecule has 32 heavy (non-hydrogen) atoms. The zero-order valence-corrected chi connectivity index (χ0v) is 17.1. The summed E-state index contributed by atoms with van der Waals surface area (Å²) in [7, 11) is 1.26. The molecule has 3 rings (SSSR count). The van der Waals surface area contributed by atoms with E-state index in [1.54, 1.807) is 0 Å². The van der Waals surface area contributed by atoms with Crippen molar-refractivity contribution in [1.82, 2.24) is 20.2 Å². The second kappa shape index (κ2) is 8.60. The Morgan fingerprint density at radius 1 is 1.28 bits per heavy atom. The number of hydrogen-bond acceptors (Lipinski definition) is 4. The number of nitrogens with one attached hydrogen (secondary N) is 1. The monoisotopic (exact) mass is 483 g/mol. The molecule has 0 saturated carbocycles. The number of aromatic nitrogens is 2. The van der Waals surface area contributed by atoms with E-state index in [2.05, 4.69) is 15.3 Å². The van der Waals surface area contributed by atoms with E-state index in [1.807, 2.05) is 0 Å². The molecule has 0 bridgehead atoms. The molecule has 2 aliphatic rings. The Morgan fingerprint density at radius 2 is 1.97 bits per heavy atom. The molecule has 1 aliphatic heterocycles. The predicted octanol–water partition coefficient (Wildman–Crippen LogP) is 3.48. The molecular formula is C18H16ClF6N5O2.